The molecule has 0 saturated carbocycles. The van der Waals surface area contributed by atoms with E-state index >= 15 is 0 Å². The molecule has 0 spiro atoms. The SMILES string of the molecule is Nc1cccc(C(=O)NCc2ncc[nH]2)c1O. The van der Waals surface area contributed by atoms with Gasteiger partial charge in [-0.3, -0.25) is 4.79 Å². The highest BCUT2D eigenvalue weighted by Crippen LogP contribution is 2.24. The number of benzene rings is 1. The topological polar surface area (TPSA) is 104 Å². The zero-order valence-corrected chi connectivity index (χ0v) is 8.97. The van der Waals surface area contributed by atoms with Crippen LogP contribution in [0.4, 0.5) is 5.69 Å². The van der Waals surface area contributed by atoms with Gasteiger partial charge in [-0.25, -0.2) is 4.98 Å². The number of nitrogen functional groups attached to an aromatic ring is 1. The maximum absolute atomic E-state index is 11.7. The molecule has 6 heteroatoms. The first-order valence-electron chi connectivity index (χ1n) is 5.02. The number of para-hydroxylation sites is 1. The van der Waals surface area contributed by atoms with E-state index in [1.54, 1.807) is 18.5 Å². The monoisotopic (exact) mass is 232 g/mol. The Morgan fingerprint density at radius 2 is 2.35 bits per heavy atom. The summed E-state index contributed by atoms with van der Waals surface area (Å²) in [4.78, 5) is 18.6. The van der Waals surface area contributed by atoms with Crippen LogP contribution in [-0.4, -0.2) is 21.0 Å². The molecule has 6 nitrogen and oxygen atoms in total. The van der Waals surface area contributed by atoms with Gasteiger partial charge >= 0.3 is 0 Å². The van der Waals surface area contributed by atoms with Crippen LogP contribution in [0.25, 0.3) is 0 Å². The molecule has 0 radical (unpaired) electrons. The van der Waals surface area contributed by atoms with E-state index in [9.17, 15) is 9.90 Å². The van der Waals surface area contributed by atoms with Crippen LogP contribution in [0.1, 0.15) is 16.2 Å². The lowest BCUT2D eigenvalue weighted by Gasteiger charge is -2.06. The number of hydrogen-bond donors (Lipinski definition) is 4. The third-order valence-corrected chi connectivity index (χ3v) is 2.28. The minimum Gasteiger partial charge on any atom is -0.505 e. The van der Waals surface area contributed by atoms with Crippen LogP contribution in [0, 0.1) is 0 Å². The predicted molar refractivity (Wildman–Crippen MR) is 62.3 cm³/mol. The van der Waals surface area contributed by atoms with Gasteiger partial charge < -0.3 is 21.1 Å². The molecule has 5 N–H and O–H groups in total. The van der Waals surface area contributed by atoms with Crippen molar-refractivity contribution in [1.29, 1.82) is 0 Å². The predicted octanol–water partition coefficient (Wildman–Crippen LogP) is 0.627. The lowest BCUT2D eigenvalue weighted by Crippen LogP contribution is -2.23. The number of hydrogen-bond acceptors (Lipinski definition) is 4. The van der Waals surface area contributed by atoms with E-state index in [1.807, 2.05) is 0 Å². The summed E-state index contributed by atoms with van der Waals surface area (Å²) >= 11 is 0. The summed E-state index contributed by atoms with van der Waals surface area (Å²) in [6, 6.07) is 4.64. The third kappa shape index (κ3) is 2.36. The second-order valence-corrected chi connectivity index (χ2v) is 3.46. The van der Waals surface area contributed by atoms with Crippen molar-refractivity contribution in [2.24, 2.45) is 0 Å². The highest BCUT2D eigenvalue weighted by atomic mass is 16.3. The van der Waals surface area contributed by atoms with Gasteiger partial charge in [0.2, 0.25) is 0 Å². The van der Waals surface area contributed by atoms with Crippen LogP contribution in [0.15, 0.2) is 30.6 Å². The lowest BCUT2D eigenvalue weighted by molar-refractivity contribution is 0.0947. The number of phenolic OH excluding ortho intramolecular Hbond substituents is 1. The Balaban J connectivity index is 2.07. The summed E-state index contributed by atoms with van der Waals surface area (Å²) in [5.41, 5.74) is 5.83. The second kappa shape index (κ2) is 4.56. The van der Waals surface area contributed by atoms with Crippen molar-refractivity contribution in [1.82, 2.24) is 15.3 Å². The Kier molecular flexibility index (Phi) is 2.95. The Bertz CT molecular complexity index is 522. The van der Waals surface area contributed by atoms with Gasteiger partial charge in [0.05, 0.1) is 17.8 Å². The maximum atomic E-state index is 11.7. The summed E-state index contributed by atoms with van der Waals surface area (Å²) in [5.74, 6) is 0.0392. The number of H-pyrrole nitrogens is 1. The third-order valence-electron chi connectivity index (χ3n) is 2.28. The van der Waals surface area contributed by atoms with Crippen molar-refractivity contribution >= 4 is 11.6 Å². The van der Waals surface area contributed by atoms with E-state index in [4.69, 9.17) is 5.73 Å². The smallest absolute Gasteiger partial charge is 0.255 e. The van der Waals surface area contributed by atoms with Gasteiger partial charge in [-0.05, 0) is 12.1 Å². The summed E-state index contributed by atoms with van der Waals surface area (Å²) in [6.45, 7) is 0.264. The van der Waals surface area contributed by atoms with E-state index in [0.29, 0.717) is 5.82 Å². The average molecular weight is 232 g/mol. The average Bonchev–Trinajstić information content (AvgIpc) is 2.82. The Hall–Kier alpha value is -2.50. The number of imidazole rings is 1. The van der Waals surface area contributed by atoms with E-state index < -0.39 is 5.91 Å². The van der Waals surface area contributed by atoms with Crippen LogP contribution in [0.5, 0.6) is 5.75 Å². The molecule has 0 fully saturated rings. The molecule has 2 rings (SSSR count). The zero-order valence-electron chi connectivity index (χ0n) is 8.97. The molecule has 17 heavy (non-hydrogen) atoms. The van der Waals surface area contributed by atoms with E-state index in [1.165, 1.54) is 12.1 Å². The molecular weight excluding hydrogens is 220 g/mol. The minimum absolute atomic E-state index is 0.150. The number of aromatic hydroxyl groups is 1. The number of nitrogens with zero attached hydrogens (tertiary/aromatic N) is 1. The summed E-state index contributed by atoms with van der Waals surface area (Å²) < 4.78 is 0. The number of carbonyl (C=O) groups excluding carboxylic acids is 1. The first kappa shape index (κ1) is 11.0. The number of nitrogens with two attached hydrogens (primary N) is 1. The highest BCUT2D eigenvalue weighted by Gasteiger charge is 2.12. The first-order chi connectivity index (χ1) is 8.18. The number of aromatic amines is 1. The van der Waals surface area contributed by atoms with Crippen LogP contribution in [0.3, 0.4) is 0 Å². The van der Waals surface area contributed by atoms with Crippen molar-refractivity contribution in [2.45, 2.75) is 6.54 Å². The first-order valence-corrected chi connectivity index (χ1v) is 5.02. The number of anilines is 1. The summed E-state index contributed by atoms with van der Waals surface area (Å²) in [6.07, 6.45) is 3.26. The number of phenols is 1. The standard InChI is InChI=1S/C11H12N4O2/c12-8-3-1-2-7(10(8)16)11(17)15-6-9-13-4-5-14-9/h1-5,16H,6,12H2,(H,13,14)(H,15,17). The molecule has 1 heterocycles. The molecule has 0 aliphatic rings. The molecule has 0 bridgehead atoms. The molecule has 1 aromatic carbocycles. The van der Waals surface area contributed by atoms with Gasteiger partial charge in [0.15, 0.2) is 5.75 Å². The van der Waals surface area contributed by atoms with Gasteiger partial charge in [-0.2, -0.15) is 0 Å². The number of aromatic nitrogens is 2. The molecule has 2 aromatic rings. The largest absolute Gasteiger partial charge is 0.505 e. The van der Waals surface area contributed by atoms with Crippen LogP contribution in [-0.2, 0) is 6.54 Å². The van der Waals surface area contributed by atoms with Gasteiger partial charge in [0.1, 0.15) is 5.82 Å². The van der Waals surface area contributed by atoms with E-state index in [2.05, 4.69) is 15.3 Å². The molecule has 0 unspecified atom stereocenters. The Morgan fingerprint density at radius 1 is 1.53 bits per heavy atom. The van der Waals surface area contributed by atoms with Crippen molar-refractivity contribution in [2.75, 3.05) is 5.73 Å². The number of amides is 1. The quantitative estimate of drug-likeness (QED) is 0.460. The summed E-state index contributed by atoms with van der Waals surface area (Å²) in [7, 11) is 0. The summed E-state index contributed by atoms with van der Waals surface area (Å²) in [5, 5.41) is 12.2. The Labute approximate surface area is 97.5 Å². The molecule has 88 valence electrons. The molecule has 0 aliphatic heterocycles. The molecule has 0 atom stereocenters. The van der Waals surface area contributed by atoms with Crippen molar-refractivity contribution in [3.05, 3.63) is 42.0 Å². The van der Waals surface area contributed by atoms with Crippen molar-refractivity contribution in [3.63, 3.8) is 0 Å². The lowest BCUT2D eigenvalue weighted by atomic mass is 10.1. The van der Waals surface area contributed by atoms with Crippen molar-refractivity contribution < 1.29 is 9.90 Å². The van der Waals surface area contributed by atoms with Crippen molar-refractivity contribution in [3.8, 4) is 5.75 Å². The number of rotatable bonds is 3. The number of carbonyl (C=O) groups is 1. The van der Waals surface area contributed by atoms with Crippen LogP contribution < -0.4 is 11.1 Å². The maximum Gasteiger partial charge on any atom is 0.255 e. The van der Waals surface area contributed by atoms with Gasteiger partial charge in [-0.1, -0.05) is 6.07 Å². The van der Waals surface area contributed by atoms with E-state index in [0.717, 1.165) is 0 Å². The fraction of sp³-hybridized carbons (Fsp3) is 0.0909. The fourth-order valence-corrected chi connectivity index (χ4v) is 1.40. The molecular formula is C11H12N4O2. The normalized spacial score (nSPS) is 10.1. The second-order valence-electron chi connectivity index (χ2n) is 3.46. The number of nitrogens with one attached hydrogen (secondary N) is 2. The zero-order chi connectivity index (χ0) is 12.3. The van der Waals surface area contributed by atoms with Gasteiger partial charge in [0, 0.05) is 12.4 Å². The minimum atomic E-state index is -0.397. The van der Waals surface area contributed by atoms with Gasteiger partial charge in [0.25, 0.3) is 5.91 Å². The van der Waals surface area contributed by atoms with Crippen LogP contribution in [0.2, 0.25) is 0 Å². The van der Waals surface area contributed by atoms with E-state index in [-0.39, 0.29) is 23.5 Å². The van der Waals surface area contributed by atoms with Gasteiger partial charge in [-0.15, -0.1) is 0 Å². The van der Waals surface area contributed by atoms with Crippen LogP contribution >= 0.6 is 0 Å². The Morgan fingerprint density at radius 3 is 3.06 bits per heavy atom. The fourth-order valence-electron chi connectivity index (χ4n) is 1.40. The molecule has 0 saturated heterocycles. The highest BCUT2D eigenvalue weighted by molar-refractivity contribution is 5.98. The molecule has 1 amide bonds. The molecule has 1 aromatic heterocycles. The molecule has 0 aliphatic carbocycles.